The van der Waals surface area contributed by atoms with Crippen molar-refractivity contribution < 1.29 is 13.3 Å². The SMILES string of the molecule is Cc1nsc(NS(=O)(=O)c2ccc([N+](=O)[O-])cc2NN)n1. The van der Waals surface area contributed by atoms with Crippen LogP contribution in [-0.4, -0.2) is 22.7 Å². The molecule has 21 heavy (non-hydrogen) atoms. The van der Waals surface area contributed by atoms with E-state index in [9.17, 15) is 18.5 Å². The number of nitro groups is 1. The van der Waals surface area contributed by atoms with Crippen LogP contribution in [0.25, 0.3) is 0 Å². The summed E-state index contributed by atoms with van der Waals surface area (Å²) in [4.78, 5) is 13.7. The van der Waals surface area contributed by atoms with Gasteiger partial charge in [0.2, 0.25) is 5.13 Å². The molecule has 0 aliphatic carbocycles. The van der Waals surface area contributed by atoms with Gasteiger partial charge in [0, 0.05) is 23.7 Å². The number of nitrogens with zero attached hydrogens (tertiary/aromatic N) is 3. The maximum Gasteiger partial charge on any atom is 0.271 e. The van der Waals surface area contributed by atoms with Gasteiger partial charge in [-0.15, -0.1) is 0 Å². The van der Waals surface area contributed by atoms with Crippen LogP contribution in [0.5, 0.6) is 0 Å². The maximum absolute atomic E-state index is 12.2. The van der Waals surface area contributed by atoms with E-state index in [1.165, 1.54) is 0 Å². The minimum atomic E-state index is -3.99. The van der Waals surface area contributed by atoms with Crippen molar-refractivity contribution in [2.75, 3.05) is 10.1 Å². The average molecular weight is 330 g/mol. The van der Waals surface area contributed by atoms with Crippen molar-refractivity contribution in [3.8, 4) is 0 Å². The summed E-state index contributed by atoms with van der Waals surface area (Å²) in [6.45, 7) is 1.62. The summed E-state index contributed by atoms with van der Waals surface area (Å²) in [5.74, 6) is 5.65. The van der Waals surface area contributed by atoms with Gasteiger partial charge < -0.3 is 5.43 Å². The summed E-state index contributed by atoms with van der Waals surface area (Å²) in [5.41, 5.74) is 1.75. The second-order valence-electron chi connectivity index (χ2n) is 3.83. The van der Waals surface area contributed by atoms with Crippen LogP contribution >= 0.6 is 11.5 Å². The van der Waals surface area contributed by atoms with Crippen molar-refractivity contribution in [2.45, 2.75) is 11.8 Å². The van der Waals surface area contributed by atoms with E-state index in [1.807, 2.05) is 0 Å². The molecule has 4 N–H and O–H groups in total. The Morgan fingerprint density at radius 1 is 1.43 bits per heavy atom. The molecule has 112 valence electrons. The first-order chi connectivity index (χ1) is 9.83. The molecule has 0 saturated heterocycles. The number of nitrogens with one attached hydrogen (secondary N) is 2. The molecule has 0 saturated carbocycles. The van der Waals surface area contributed by atoms with Crippen molar-refractivity contribution in [1.29, 1.82) is 0 Å². The molecule has 0 unspecified atom stereocenters. The highest BCUT2D eigenvalue weighted by molar-refractivity contribution is 7.93. The number of nitrogens with two attached hydrogens (primary N) is 1. The lowest BCUT2D eigenvalue weighted by Gasteiger charge is -2.09. The molecule has 1 aromatic carbocycles. The first-order valence-corrected chi connectivity index (χ1v) is 7.67. The first-order valence-electron chi connectivity index (χ1n) is 5.41. The first kappa shape index (κ1) is 15.1. The summed E-state index contributed by atoms with van der Waals surface area (Å²) < 4.78 is 30.5. The number of benzene rings is 1. The topological polar surface area (TPSA) is 153 Å². The Bertz CT molecular complexity index is 787. The van der Waals surface area contributed by atoms with E-state index in [1.54, 1.807) is 6.92 Å². The number of aryl methyl sites for hydroxylation is 1. The molecule has 0 spiro atoms. The van der Waals surface area contributed by atoms with Crippen LogP contribution in [0.15, 0.2) is 23.1 Å². The third kappa shape index (κ3) is 3.24. The highest BCUT2D eigenvalue weighted by atomic mass is 32.2. The number of aromatic nitrogens is 2. The van der Waals surface area contributed by atoms with Gasteiger partial charge in [-0.2, -0.15) is 4.37 Å². The van der Waals surface area contributed by atoms with Gasteiger partial charge in [-0.1, -0.05) is 0 Å². The zero-order valence-electron chi connectivity index (χ0n) is 10.6. The van der Waals surface area contributed by atoms with E-state index in [2.05, 4.69) is 19.5 Å². The second kappa shape index (κ2) is 5.59. The monoisotopic (exact) mass is 330 g/mol. The smallest absolute Gasteiger partial charge is 0.271 e. The number of nitrogen functional groups attached to an aromatic ring is 1. The van der Waals surface area contributed by atoms with Crippen LogP contribution in [0.1, 0.15) is 5.82 Å². The van der Waals surface area contributed by atoms with E-state index >= 15 is 0 Å². The van der Waals surface area contributed by atoms with Crippen LogP contribution in [0, 0.1) is 17.0 Å². The number of anilines is 2. The summed E-state index contributed by atoms with van der Waals surface area (Å²) in [6, 6.07) is 3.18. The quantitative estimate of drug-likeness (QED) is 0.414. The number of hydrazine groups is 1. The summed E-state index contributed by atoms with van der Waals surface area (Å²) >= 11 is 0.881. The zero-order chi connectivity index (χ0) is 15.6. The minimum Gasteiger partial charge on any atom is -0.323 e. The molecular formula is C9H10N6O4S2. The van der Waals surface area contributed by atoms with Gasteiger partial charge in [0.15, 0.2) is 0 Å². The molecule has 0 fully saturated rings. The van der Waals surface area contributed by atoms with Gasteiger partial charge in [-0.25, -0.2) is 13.4 Å². The molecule has 1 heterocycles. The lowest BCUT2D eigenvalue weighted by atomic mass is 10.3. The Labute approximate surface area is 123 Å². The Morgan fingerprint density at radius 3 is 2.67 bits per heavy atom. The lowest BCUT2D eigenvalue weighted by Crippen LogP contribution is -2.17. The van der Waals surface area contributed by atoms with Crippen LogP contribution in [0.4, 0.5) is 16.5 Å². The average Bonchev–Trinajstić information content (AvgIpc) is 2.82. The number of nitro benzene ring substituents is 1. The van der Waals surface area contributed by atoms with Gasteiger partial charge in [-0.05, 0) is 13.0 Å². The van der Waals surface area contributed by atoms with E-state index in [0.717, 1.165) is 29.7 Å². The van der Waals surface area contributed by atoms with Crippen LogP contribution in [0.2, 0.25) is 0 Å². The Balaban J connectivity index is 2.42. The molecule has 12 heteroatoms. The van der Waals surface area contributed by atoms with Gasteiger partial charge >= 0.3 is 0 Å². The van der Waals surface area contributed by atoms with Gasteiger partial charge in [0.05, 0.1) is 10.6 Å². The summed E-state index contributed by atoms with van der Waals surface area (Å²) in [5, 5.41) is 10.8. The van der Waals surface area contributed by atoms with E-state index in [4.69, 9.17) is 5.84 Å². The van der Waals surface area contributed by atoms with Crippen LogP contribution < -0.4 is 16.0 Å². The molecule has 1 aromatic heterocycles. The molecule has 2 aromatic rings. The third-order valence-electron chi connectivity index (χ3n) is 2.37. The molecular weight excluding hydrogens is 320 g/mol. The number of hydrogen-bond donors (Lipinski definition) is 3. The molecule has 0 aliphatic heterocycles. The summed E-state index contributed by atoms with van der Waals surface area (Å²) in [7, 11) is -3.99. The highest BCUT2D eigenvalue weighted by Gasteiger charge is 2.22. The molecule has 0 aliphatic rings. The third-order valence-corrected chi connectivity index (χ3v) is 4.62. The predicted molar refractivity (Wildman–Crippen MR) is 76.4 cm³/mol. The van der Waals surface area contributed by atoms with Gasteiger partial charge in [-0.3, -0.25) is 20.7 Å². The van der Waals surface area contributed by atoms with E-state index in [0.29, 0.717) is 5.82 Å². The zero-order valence-corrected chi connectivity index (χ0v) is 12.2. The lowest BCUT2D eigenvalue weighted by molar-refractivity contribution is -0.384. The molecule has 0 bridgehead atoms. The van der Waals surface area contributed by atoms with Crippen molar-refractivity contribution >= 4 is 38.1 Å². The van der Waals surface area contributed by atoms with Gasteiger partial charge in [0.25, 0.3) is 15.7 Å². The molecule has 2 rings (SSSR count). The van der Waals surface area contributed by atoms with Crippen LogP contribution in [0.3, 0.4) is 0 Å². The van der Waals surface area contributed by atoms with Crippen LogP contribution in [-0.2, 0) is 10.0 Å². The largest absolute Gasteiger partial charge is 0.323 e. The molecule has 0 atom stereocenters. The number of non-ortho nitro benzene ring substituents is 1. The molecule has 0 radical (unpaired) electrons. The van der Waals surface area contributed by atoms with Crippen molar-refractivity contribution in [3.05, 3.63) is 34.1 Å². The fourth-order valence-corrected chi connectivity index (χ4v) is 3.44. The standard InChI is InChI=1S/C9H10N6O4S2/c1-5-11-9(20-13-5)14-21(18,19)8-3-2-6(15(16)17)4-7(8)12-10/h2-4,12H,10H2,1H3,(H,11,13,14). The number of hydrogen-bond acceptors (Lipinski definition) is 9. The van der Waals surface area contributed by atoms with E-state index in [-0.39, 0.29) is 21.4 Å². The fraction of sp³-hybridized carbons (Fsp3) is 0.111. The second-order valence-corrected chi connectivity index (χ2v) is 6.24. The Morgan fingerprint density at radius 2 is 2.14 bits per heavy atom. The molecule has 0 amide bonds. The van der Waals surface area contributed by atoms with Crippen molar-refractivity contribution in [2.24, 2.45) is 5.84 Å². The normalized spacial score (nSPS) is 11.1. The van der Waals surface area contributed by atoms with Gasteiger partial charge in [0.1, 0.15) is 10.7 Å². The molecule has 10 nitrogen and oxygen atoms in total. The maximum atomic E-state index is 12.2. The Kier molecular flexibility index (Phi) is 4.02. The predicted octanol–water partition coefficient (Wildman–Crippen LogP) is 0.841. The number of rotatable bonds is 5. The number of sulfonamides is 1. The minimum absolute atomic E-state index is 0.0915. The Hall–Kier alpha value is -2.31. The van der Waals surface area contributed by atoms with Crippen molar-refractivity contribution in [3.63, 3.8) is 0 Å². The fourth-order valence-electron chi connectivity index (χ4n) is 1.49. The highest BCUT2D eigenvalue weighted by Crippen LogP contribution is 2.27. The van der Waals surface area contributed by atoms with Crippen molar-refractivity contribution in [1.82, 2.24) is 9.36 Å². The summed E-state index contributed by atoms with van der Waals surface area (Å²) in [6.07, 6.45) is 0. The van der Waals surface area contributed by atoms with E-state index < -0.39 is 14.9 Å².